The van der Waals surface area contributed by atoms with Gasteiger partial charge in [0.05, 0.1) is 27.9 Å². The summed E-state index contributed by atoms with van der Waals surface area (Å²) in [6.45, 7) is 2.59. The summed E-state index contributed by atoms with van der Waals surface area (Å²) in [5.74, 6) is -4.22. The summed E-state index contributed by atoms with van der Waals surface area (Å²) in [4.78, 5) is 42.8. The number of phenols is 2. The molecular weight excluding hydrogens is 517 g/mol. The molecule has 4 N–H and O–H groups in total. The molecule has 1 fully saturated rings. The summed E-state index contributed by atoms with van der Waals surface area (Å²) in [5.41, 5.74) is -0.338. The van der Waals surface area contributed by atoms with Crippen LogP contribution in [0.2, 0.25) is 10.0 Å². The van der Waals surface area contributed by atoms with Crippen LogP contribution in [0.1, 0.15) is 37.0 Å². The third kappa shape index (κ3) is 4.34. The summed E-state index contributed by atoms with van der Waals surface area (Å²) in [6.07, 6.45) is -0.894. The van der Waals surface area contributed by atoms with Crippen LogP contribution < -0.4 is 5.32 Å². The third-order valence-corrected chi connectivity index (χ3v) is 7.81. The summed E-state index contributed by atoms with van der Waals surface area (Å²) in [7, 11) is -3.42. The number of aliphatic carboxylic acids is 1. The second-order valence-corrected chi connectivity index (χ2v) is 10.3. The summed E-state index contributed by atoms with van der Waals surface area (Å²) < 4.78 is 22.5. The van der Waals surface area contributed by atoms with Gasteiger partial charge in [0.2, 0.25) is 5.91 Å². The number of carboxylic acid groups (broad SMARTS) is 1. The van der Waals surface area contributed by atoms with Crippen molar-refractivity contribution in [3.63, 3.8) is 0 Å². The number of hydrogen-bond donors (Lipinski definition) is 5. The van der Waals surface area contributed by atoms with E-state index < -0.39 is 67.9 Å². The van der Waals surface area contributed by atoms with Crippen LogP contribution in [0.5, 0.6) is 11.5 Å². The molecule has 186 valence electrons. The highest BCUT2D eigenvalue weighted by Crippen LogP contribution is 2.41. The fourth-order valence-electron chi connectivity index (χ4n) is 3.89. The third-order valence-electron chi connectivity index (χ3n) is 5.87. The first-order valence-electron chi connectivity index (χ1n) is 9.90. The van der Waals surface area contributed by atoms with Gasteiger partial charge >= 0.3 is 5.97 Å². The van der Waals surface area contributed by atoms with Gasteiger partial charge in [0.25, 0.3) is 5.91 Å². The van der Waals surface area contributed by atoms with Crippen molar-refractivity contribution in [2.75, 3.05) is 6.54 Å². The van der Waals surface area contributed by atoms with Gasteiger partial charge in [-0.2, -0.15) is 0 Å². The quantitative estimate of drug-likeness (QED) is 0.181. The van der Waals surface area contributed by atoms with Gasteiger partial charge in [0.15, 0.2) is 28.2 Å². The van der Waals surface area contributed by atoms with E-state index in [9.17, 15) is 38.1 Å². The Morgan fingerprint density at radius 3 is 2.50 bits per heavy atom. The van der Waals surface area contributed by atoms with Gasteiger partial charge in [0, 0.05) is 18.9 Å². The number of phenolic OH excluding ortho intramolecular Hbond substituents is 2. The number of benzene rings is 1. The van der Waals surface area contributed by atoms with Gasteiger partial charge in [-0.05, 0) is 19.9 Å². The van der Waals surface area contributed by atoms with Crippen LogP contribution >= 0.6 is 23.2 Å². The van der Waals surface area contributed by atoms with Crippen LogP contribution in [0, 0.1) is 0 Å². The fraction of sp³-hybridized carbons (Fsp3) is 0.474. The van der Waals surface area contributed by atoms with Crippen LogP contribution in [0.15, 0.2) is 11.2 Å². The molecule has 34 heavy (non-hydrogen) atoms. The molecule has 0 aromatic heterocycles. The molecule has 2 aliphatic heterocycles. The maximum Gasteiger partial charge on any atom is 0.328 e. The van der Waals surface area contributed by atoms with Crippen LogP contribution in [-0.2, 0) is 25.1 Å². The molecule has 0 saturated carbocycles. The molecule has 3 rings (SSSR count). The molecule has 12 nitrogen and oxygen atoms in total. The molecule has 2 aliphatic rings. The lowest BCUT2D eigenvalue weighted by atomic mass is 9.87. The van der Waals surface area contributed by atoms with Crippen LogP contribution in [0.4, 0.5) is 0 Å². The number of carbonyl (C=O) groups excluding carboxylic acids is 2. The highest BCUT2D eigenvalue weighted by Gasteiger charge is 2.56. The van der Waals surface area contributed by atoms with Gasteiger partial charge < -0.3 is 30.4 Å². The minimum absolute atomic E-state index is 0.104. The zero-order chi connectivity index (χ0) is 25.5. The van der Waals surface area contributed by atoms with Crippen molar-refractivity contribution in [1.82, 2.24) is 10.2 Å². The van der Waals surface area contributed by atoms with Crippen molar-refractivity contribution in [1.29, 1.82) is 0 Å². The van der Waals surface area contributed by atoms with E-state index in [0.29, 0.717) is 0 Å². The average molecular weight is 538 g/mol. The Morgan fingerprint density at radius 2 is 1.97 bits per heavy atom. The molecule has 1 aromatic carbocycles. The molecule has 0 spiro atoms. The molecule has 2 amide bonds. The number of rotatable bonds is 8. The Morgan fingerprint density at radius 1 is 1.32 bits per heavy atom. The lowest BCUT2D eigenvalue weighted by Gasteiger charge is -2.46. The first-order chi connectivity index (χ1) is 15.8. The number of likely N-dealkylation sites (tertiary alicyclic amines) is 1. The lowest BCUT2D eigenvalue weighted by Crippen LogP contribution is -2.68. The van der Waals surface area contributed by atoms with Crippen molar-refractivity contribution in [2.45, 2.75) is 49.6 Å². The molecule has 1 unspecified atom stereocenters. The number of β-lactam (4-membered cyclic amide) rings is 1. The monoisotopic (exact) mass is 537 g/mol. The van der Waals surface area contributed by atoms with Gasteiger partial charge in [-0.25, -0.2) is 13.2 Å². The zero-order valence-corrected chi connectivity index (χ0v) is 20.2. The van der Waals surface area contributed by atoms with Crippen LogP contribution in [0.25, 0.3) is 0 Å². The van der Waals surface area contributed by atoms with Gasteiger partial charge in [-0.3, -0.25) is 9.59 Å². The largest absolute Gasteiger partial charge is 0.503 e. The Balaban J connectivity index is 1.75. The van der Waals surface area contributed by atoms with E-state index in [2.05, 4.69) is 10.5 Å². The minimum atomic E-state index is -3.42. The lowest BCUT2D eigenvalue weighted by molar-refractivity contribution is -0.161. The highest BCUT2D eigenvalue weighted by atomic mass is 35.5. The number of thiol groups is 1. The second kappa shape index (κ2) is 9.47. The SMILES string of the molecule is C[C@@H]1CC(=O)N1[C@@H](C(=O)O)[C@](C)(C1=NOC(CNC(=O)c2cc(Cl)c(O)c(O)c2Cl)C1)[SH](=O)=O. The Bertz CT molecular complexity index is 1160. The summed E-state index contributed by atoms with van der Waals surface area (Å²) >= 11 is 11.6. The summed E-state index contributed by atoms with van der Waals surface area (Å²) in [5, 5.41) is 34.6. The van der Waals surface area contributed by atoms with E-state index in [1.807, 2.05) is 0 Å². The Hall–Kier alpha value is -2.77. The number of nitrogens with one attached hydrogen (secondary N) is 1. The number of aromatic hydroxyl groups is 2. The molecule has 1 aromatic rings. The average Bonchev–Trinajstić information content (AvgIpc) is 3.25. The molecule has 0 radical (unpaired) electrons. The smallest absolute Gasteiger partial charge is 0.328 e. The minimum Gasteiger partial charge on any atom is -0.503 e. The highest BCUT2D eigenvalue weighted by molar-refractivity contribution is 7.75. The maximum absolute atomic E-state index is 12.5. The normalized spacial score (nSPS) is 22.4. The van der Waals surface area contributed by atoms with Gasteiger partial charge in [-0.1, -0.05) is 28.4 Å². The summed E-state index contributed by atoms with van der Waals surface area (Å²) in [6, 6.07) is -1.12. The van der Waals surface area contributed by atoms with E-state index in [0.717, 1.165) is 11.0 Å². The Labute approximate surface area is 205 Å². The number of amides is 2. The van der Waals surface area contributed by atoms with Crippen LogP contribution in [0.3, 0.4) is 0 Å². The van der Waals surface area contributed by atoms with E-state index in [-0.39, 0.29) is 35.7 Å². The molecule has 2 heterocycles. The van der Waals surface area contributed by atoms with Crippen molar-refractivity contribution in [2.24, 2.45) is 5.16 Å². The number of halogens is 2. The van der Waals surface area contributed by atoms with E-state index in [1.165, 1.54) is 6.92 Å². The topological polar surface area (TPSA) is 183 Å². The predicted octanol–water partition coefficient (Wildman–Crippen LogP) is 0.723. The van der Waals surface area contributed by atoms with E-state index >= 15 is 0 Å². The number of oxime groups is 1. The standard InChI is InChI=1S/C19H21Cl2N3O9S/c1-7-3-12(25)24(7)16(18(29)30)19(2,34(31)32)11-4-8(33-23-11)6-22-17(28)9-5-10(20)14(26)15(27)13(9)21/h5,7-8,16,26-27,34H,3-4,6H2,1-2H3,(H,22,28)(H,29,30)/t7-,8?,16+,19+/m1/s1. The fourth-order valence-corrected chi connectivity index (χ4v) is 5.09. The number of hydrogen-bond acceptors (Lipinski definition) is 9. The van der Waals surface area contributed by atoms with E-state index in [4.69, 9.17) is 28.0 Å². The van der Waals surface area contributed by atoms with Gasteiger partial charge in [0.1, 0.15) is 10.9 Å². The molecular formula is C19H21Cl2N3O9S. The molecule has 0 bridgehead atoms. The zero-order valence-electron chi connectivity index (χ0n) is 17.8. The predicted molar refractivity (Wildman–Crippen MR) is 120 cm³/mol. The maximum atomic E-state index is 12.5. The van der Waals surface area contributed by atoms with Gasteiger partial charge in [-0.15, -0.1) is 0 Å². The molecule has 0 aliphatic carbocycles. The number of carbonyl (C=O) groups is 3. The van der Waals surface area contributed by atoms with Crippen molar-refractivity contribution < 1.29 is 43.0 Å². The van der Waals surface area contributed by atoms with Crippen molar-refractivity contribution in [3.05, 3.63) is 21.7 Å². The first-order valence-corrected chi connectivity index (χ1v) is 11.8. The first kappa shape index (κ1) is 25.8. The molecule has 15 heteroatoms. The number of carboxylic acids is 1. The van der Waals surface area contributed by atoms with Crippen molar-refractivity contribution in [3.8, 4) is 11.5 Å². The Kier molecular flexibility index (Phi) is 7.20. The second-order valence-electron chi connectivity index (χ2n) is 8.10. The van der Waals surface area contributed by atoms with Crippen LogP contribution in [-0.4, -0.2) is 81.6 Å². The molecule has 1 saturated heterocycles. The van der Waals surface area contributed by atoms with E-state index in [1.54, 1.807) is 6.92 Å². The number of nitrogens with zero attached hydrogens (tertiary/aromatic N) is 2. The molecule has 4 atom stereocenters. The van der Waals surface area contributed by atoms with Crippen molar-refractivity contribution >= 4 is 57.4 Å².